The first-order valence-electron chi connectivity index (χ1n) is 7.49. The van der Waals surface area contributed by atoms with Crippen LogP contribution in [0.25, 0.3) is 11.4 Å². The zero-order valence-corrected chi connectivity index (χ0v) is 14.0. The van der Waals surface area contributed by atoms with Crippen LogP contribution in [-0.4, -0.2) is 18.4 Å². The van der Waals surface area contributed by atoms with Gasteiger partial charge < -0.3 is 4.98 Å². The second-order valence-corrected chi connectivity index (χ2v) is 6.75. The third-order valence-electron chi connectivity index (χ3n) is 3.40. The van der Waals surface area contributed by atoms with E-state index >= 15 is 0 Å². The molecule has 2 aromatic carbocycles. The van der Waals surface area contributed by atoms with Crippen LogP contribution in [0.3, 0.4) is 0 Å². The Balaban J connectivity index is 1.73. The summed E-state index contributed by atoms with van der Waals surface area (Å²) < 4.78 is 28.7. The van der Waals surface area contributed by atoms with Gasteiger partial charge in [0.1, 0.15) is 11.5 Å². The molecule has 0 fully saturated rings. The molecule has 0 saturated heterocycles. The topological polar surface area (TPSA) is 104 Å². The van der Waals surface area contributed by atoms with Gasteiger partial charge in [0.2, 0.25) is 0 Å². The minimum absolute atomic E-state index is 0.115. The molecule has 3 rings (SSSR count). The normalized spacial score (nSPS) is 11.2. The van der Waals surface area contributed by atoms with Crippen LogP contribution >= 0.6 is 0 Å². The van der Waals surface area contributed by atoms with E-state index in [-0.39, 0.29) is 12.2 Å². The van der Waals surface area contributed by atoms with Gasteiger partial charge in [-0.1, -0.05) is 60.7 Å². The molecule has 0 radical (unpaired) electrons. The molecule has 3 aromatic rings. The lowest BCUT2D eigenvalue weighted by Crippen LogP contribution is -2.32. The van der Waals surface area contributed by atoms with E-state index in [1.54, 1.807) is 24.3 Å². The highest BCUT2D eigenvalue weighted by Gasteiger charge is 2.13. The van der Waals surface area contributed by atoms with Gasteiger partial charge in [-0.2, -0.15) is 13.1 Å². The molecule has 3 N–H and O–H groups in total. The molecule has 1 heterocycles. The molecule has 8 heteroatoms. The van der Waals surface area contributed by atoms with Gasteiger partial charge in [0.05, 0.1) is 6.20 Å². The largest absolute Gasteiger partial charge is 0.305 e. The van der Waals surface area contributed by atoms with E-state index in [0.29, 0.717) is 5.82 Å². The van der Waals surface area contributed by atoms with Crippen molar-refractivity contribution in [1.82, 2.24) is 14.7 Å². The Morgan fingerprint density at radius 1 is 0.960 bits per heavy atom. The number of aromatic nitrogens is 2. The standard InChI is InChI=1S/C17H16N4O3S/c22-17-15(12-18-16(20-17)14-9-5-2-6-10-14)21-25(23,24)19-11-13-7-3-1-4-8-13/h1-10,12,19,21H,11H2,(H,18,20,22). The Morgan fingerprint density at radius 3 is 2.24 bits per heavy atom. The quantitative estimate of drug-likeness (QED) is 0.627. The summed E-state index contributed by atoms with van der Waals surface area (Å²) in [6.07, 6.45) is 1.20. The van der Waals surface area contributed by atoms with Gasteiger partial charge in [0, 0.05) is 12.1 Å². The average Bonchev–Trinajstić information content (AvgIpc) is 2.63. The predicted molar refractivity (Wildman–Crippen MR) is 96.1 cm³/mol. The van der Waals surface area contributed by atoms with Crippen molar-refractivity contribution in [2.45, 2.75) is 6.54 Å². The number of nitrogens with zero attached hydrogens (tertiary/aromatic N) is 1. The van der Waals surface area contributed by atoms with Crippen molar-refractivity contribution >= 4 is 15.9 Å². The van der Waals surface area contributed by atoms with E-state index in [9.17, 15) is 13.2 Å². The Hall–Kier alpha value is -2.97. The van der Waals surface area contributed by atoms with E-state index in [4.69, 9.17) is 0 Å². The SMILES string of the molecule is O=c1[nH]c(-c2ccccc2)ncc1NS(=O)(=O)NCc1ccccc1. The molecule has 0 amide bonds. The molecule has 0 aliphatic carbocycles. The summed E-state index contributed by atoms with van der Waals surface area (Å²) in [4.78, 5) is 18.8. The van der Waals surface area contributed by atoms with Crippen LogP contribution in [0.5, 0.6) is 0 Å². The predicted octanol–water partition coefficient (Wildman–Crippen LogP) is 1.88. The van der Waals surface area contributed by atoms with E-state index in [1.165, 1.54) is 6.20 Å². The molecule has 0 aliphatic rings. The molecule has 0 aliphatic heterocycles. The second-order valence-electron chi connectivity index (χ2n) is 5.25. The number of benzene rings is 2. The maximum Gasteiger partial charge on any atom is 0.299 e. The van der Waals surface area contributed by atoms with Gasteiger partial charge in [0.25, 0.3) is 15.8 Å². The maximum atomic E-state index is 12.1. The Morgan fingerprint density at radius 2 is 1.60 bits per heavy atom. The summed E-state index contributed by atoms with van der Waals surface area (Å²) >= 11 is 0. The van der Waals surface area contributed by atoms with Crippen molar-refractivity contribution in [2.75, 3.05) is 4.72 Å². The molecule has 0 atom stereocenters. The lowest BCUT2D eigenvalue weighted by molar-refractivity contribution is 0.586. The van der Waals surface area contributed by atoms with Crippen LogP contribution in [0.1, 0.15) is 5.56 Å². The summed E-state index contributed by atoms with van der Waals surface area (Å²) in [6, 6.07) is 18.1. The van der Waals surface area contributed by atoms with Crippen molar-refractivity contribution in [3.8, 4) is 11.4 Å². The minimum Gasteiger partial charge on any atom is -0.305 e. The molecular weight excluding hydrogens is 340 g/mol. The first kappa shape index (κ1) is 16.9. The number of H-pyrrole nitrogens is 1. The third-order valence-corrected chi connectivity index (χ3v) is 4.41. The van der Waals surface area contributed by atoms with E-state index in [2.05, 4.69) is 19.4 Å². The summed E-state index contributed by atoms with van der Waals surface area (Å²) in [5.41, 5.74) is 0.815. The lowest BCUT2D eigenvalue weighted by atomic mass is 10.2. The number of anilines is 1. The average molecular weight is 356 g/mol. The van der Waals surface area contributed by atoms with Crippen LogP contribution in [0.15, 0.2) is 71.7 Å². The second kappa shape index (κ2) is 7.29. The highest BCUT2D eigenvalue weighted by atomic mass is 32.2. The minimum atomic E-state index is -3.89. The first-order chi connectivity index (χ1) is 12.0. The highest BCUT2D eigenvalue weighted by molar-refractivity contribution is 7.90. The van der Waals surface area contributed by atoms with Crippen molar-refractivity contribution < 1.29 is 8.42 Å². The number of hydrogen-bond acceptors (Lipinski definition) is 4. The smallest absolute Gasteiger partial charge is 0.299 e. The molecule has 0 bridgehead atoms. The van der Waals surface area contributed by atoms with E-state index in [0.717, 1.165) is 11.1 Å². The van der Waals surface area contributed by atoms with Crippen LogP contribution in [-0.2, 0) is 16.8 Å². The van der Waals surface area contributed by atoms with Crippen LogP contribution in [0.4, 0.5) is 5.69 Å². The van der Waals surface area contributed by atoms with Crippen molar-refractivity contribution in [2.24, 2.45) is 0 Å². The fraction of sp³-hybridized carbons (Fsp3) is 0.0588. The van der Waals surface area contributed by atoms with Gasteiger partial charge in [-0.25, -0.2) is 4.98 Å². The molecular formula is C17H16N4O3S. The molecule has 128 valence electrons. The van der Waals surface area contributed by atoms with Crippen LogP contribution in [0, 0.1) is 0 Å². The summed E-state index contributed by atoms with van der Waals surface area (Å²) in [5.74, 6) is 0.366. The Kier molecular flexibility index (Phi) is 4.92. The van der Waals surface area contributed by atoms with Crippen molar-refractivity contribution in [3.05, 3.63) is 82.8 Å². The van der Waals surface area contributed by atoms with Gasteiger partial charge in [-0.3, -0.25) is 9.52 Å². The van der Waals surface area contributed by atoms with Gasteiger partial charge in [-0.15, -0.1) is 0 Å². The Bertz CT molecular complexity index is 1000. The summed E-state index contributed by atoms with van der Waals surface area (Å²) in [6.45, 7) is 0.115. The Labute approximate surface area is 145 Å². The van der Waals surface area contributed by atoms with Gasteiger partial charge in [-0.05, 0) is 5.56 Å². The lowest BCUT2D eigenvalue weighted by Gasteiger charge is -2.09. The molecule has 0 saturated carbocycles. The molecule has 0 spiro atoms. The zero-order valence-electron chi connectivity index (χ0n) is 13.1. The van der Waals surface area contributed by atoms with Crippen molar-refractivity contribution in [3.63, 3.8) is 0 Å². The maximum absolute atomic E-state index is 12.1. The van der Waals surface area contributed by atoms with Crippen LogP contribution < -0.4 is 15.0 Å². The van der Waals surface area contributed by atoms with Crippen molar-refractivity contribution in [1.29, 1.82) is 0 Å². The summed E-state index contributed by atoms with van der Waals surface area (Å²) in [7, 11) is -3.89. The highest BCUT2D eigenvalue weighted by Crippen LogP contribution is 2.12. The molecule has 0 unspecified atom stereocenters. The monoisotopic (exact) mass is 356 g/mol. The van der Waals surface area contributed by atoms with Gasteiger partial charge >= 0.3 is 0 Å². The first-order valence-corrected chi connectivity index (χ1v) is 8.98. The third kappa shape index (κ3) is 4.52. The summed E-state index contributed by atoms with van der Waals surface area (Å²) in [5, 5.41) is 0. The molecule has 25 heavy (non-hydrogen) atoms. The zero-order chi connectivity index (χ0) is 17.7. The fourth-order valence-electron chi connectivity index (χ4n) is 2.17. The number of rotatable bonds is 6. The molecule has 1 aromatic heterocycles. The molecule has 7 nitrogen and oxygen atoms in total. The van der Waals surface area contributed by atoms with Crippen LogP contribution in [0.2, 0.25) is 0 Å². The van der Waals surface area contributed by atoms with E-state index < -0.39 is 15.8 Å². The number of hydrogen-bond donors (Lipinski definition) is 3. The van der Waals surface area contributed by atoms with E-state index in [1.807, 2.05) is 36.4 Å². The number of nitrogens with one attached hydrogen (secondary N) is 3. The fourth-order valence-corrected chi connectivity index (χ4v) is 3.03. The number of aromatic amines is 1. The van der Waals surface area contributed by atoms with Gasteiger partial charge in [0.15, 0.2) is 0 Å².